The van der Waals surface area contributed by atoms with E-state index in [9.17, 15) is 20.1 Å². The molecule has 0 spiro atoms. The predicted octanol–water partition coefficient (Wildman–Crippen LogP) is 3.59. The molecule has 0 aliphatic heterocycles. The minimum absolute atomic E-state index is 0.249. The number of hydrogen-bond donors (Lipinski definition) is 2. The first-order chi connectivity index (χ1) is 14.2. The summed E-state index contributed by atoms with van der Waals surface area (Å²) in [6.07, 6.45) is 19.0. The van der Waals surface area contributed by atoms with E-state index in [1.807, 2.05) is 21.1 Å². The van der Waals surface area contributed by atoms with Gasteiger partial charge in [0, 0.05) is 11.9 Å². The number of aliphatic hydroxyl groups excluding tert-OH is 2. The predicted molar refractivity (Wildman–Crippen MR) is 123 cm³/mol. The molecule has 5 heteroatoms. The number of allylic oxidation sites excluding steroid dienone is 4. The van der Waals surface area contributed by atoms with Crippen LogP contribution in [0.5, 0.6) is 0 Å². The van der Waals surface area contributed by atoms with Crippen molar-refractivity contribution in [3.63, 3.8) is 0 Å². The van der Waals surface area contributed by atoms with Gasteiger partial charge in [-0.2, -0.15) is 0 Å². The Morgan fingerprint density at radius 3 is 2.00 bits per heavy atom. The van der Waals surface area contributed by atoms with Crippen molar-refractivity contribution in [2.24, 2.45) is 5.92 Å². The lowest BCUT2D eigenvalue weighted by atomic mass is 9.93. The summed E-state index contributed by atoms with van der Waals surface area (Å²) in [4.78, 5) is 11.4. The Morgan fingerprint density at radius 2 is 1.47 bits per heavy atom. The maximum atomic E-state index is 11.4. The largest absolute Gasteiger partial charge is 0.550 e. The van der Waals surface area contributed by atoms with Crippen LogP contribution in [0, 0.1) is 5.92 Å². The Kier molecular flexibility index (Phi) is 16.8. The lowest BCUT2D eigenvalue weighted by Crippen LogP contribution is -2.48. The van der Waals surface area contributed by atoms with Gasteiger partial charge in [0.1, 0.15) is 12.6 Å². The number of carbonyl (C=O) groups is 1. The second-order valence-corrected chi connectivity index (χ2v) is 9.51. The van der Waals surface area contributed by atoms with Crippen LogP contribution >= 0.6 is 0 Å². The zero-order valence-corrected chi connectivity index (χ0v) is 19.9. The van der Waals surface area contributed by atoms with E-state index in [4.69, 9.17) is 0 Å². The van der Waals surface area contributed by atoms with Gasteiger partial charge >= 0.3 is 0 Å². The third kappa shape index (κ3) is 17.7. The summed E-state index contributed by atoms with van der Waals surface area (Å²) >= 11 is 0. The van der Waals surface area contributed by atoms with Crippen molar-refractivity contribution in [2.75, 3.05) is 27.7 Å². The molecule has 0 aromatic carbocycles. The maximum Gasteiger partial charge on any atom is 0.111 e. The molecule has 5 nitrogen and oxygen atoms in total. The van der Waals surface area contributed by atoms with E-state index in [0.29, 0.717) is 23.9 Å². The van der Waals surface area contributed by atoms with Gasteiger partial charge in [-0.1, -0.05) is 56.9 Å². The van der Waals surface area contributed by atoms with E-state index in [1.165, 1.54) is 25.7 Å². The van der Waals surface area contributed by atoms with Gasteiger partial charge in [-0.3, -0.25) is 0 Å². The first-order valence-corrected chi connectivity index (χ1v) is 11.8. The number of hydrogen-bond acceptors (Lipinski definition) is 4. The van der Waals surface area contributed by atoms with Crippen molar-refractivity contribution in [3.8, 4) is 0 Å². The number of nitrogens with zero attached hydrogens (tertiary/aromatic N) is 1. The van der Waals surface area contributed by atoms with E-state index in [2.05, 4.69) is 31.2 Å². The topological polar surface area (TPSA) is 80.6 Å². The summed E-state index contributed by atoms with van der Waals surface area (Å²) in [5.74, 6) is -2.16. The highest BCUT2D eigenvalue weighted by atomic mass is 16.4. The number of rotatable bonds is 19. The molecule has 0 aliphatic carbocycles. The molecule has 176 valence electrons. The van der Waals surface area contributed by atoms with Crippen LogP contribution in [0.1, 0.15) is 84.0 Å². The van der Waals surface area contributed by atoms with Crippen LogP contribution in [0.15, 0.2) is 24.3 Å². The average Bonchev–Trinajstić information content (AvgIpc) is 2.64. The first kappa shape index (κ1) is 28.8. The highest BCUT2D eigenvalue weighted by Crippen LogP contribution is 2.18. The smallest absolute Gasteiger partial charge is 0.111 e. The number of likely N-dealkylation sites (N-methyl/N-ethyl adjacent to an activating group) is 1. The highest BCUT2D eigenvalue weighted by Gasteiger charge is 2.26. The number of quaternary nitrogens is 1. The van der Waals surface area contributed by atoms with Crippen LogP contribution in [-0.4, -0.2) is 60.6 Å². The minimum atomic E-state index is -1.23. The van der Waals surface area contributed by atoms with Crippen LogP contribution in [0.25, 0.3) is 0 Å². The molecule has 0 bridgehead atoms. The average molecular weight is 426 g/mol. The molecule has 0 rings (SSSR count). The van der Waals surface area contributed by atoms with Crippen LogP contribution in [0.2, 0.25) is 0 Å². The molecule has 0 aliphatic rings. The third-order valence-electron chi connectivity index (χ3n) is 5.30. The SMILES string of the molecule is CCCCC/C=C\C/C=C\CCCCCC(O)CCC(C(=O)[O-])C(O)C[N+](C)(C)C. The molecule has 3 unspecified atom stereocenters. The van der Waals surface area contributed by atoms with E-state index < -0.39 is 24.1 Å². The van der Waals surface area contributed by atoms with E-state index >= 15 is 0 Å². The quantitative estimate of drug-likeness (QED) is 0.188. The zero-order valence-electron chi connectivity index (χ0n) is 19.9. The van der Waals surface area contributed by atoms with Gasteiger partial charge in [0.25, 0.3) is 0 Å². The number of carboxylic acid groups (broad SMARTS) is 1. The second-order valence-electron chi connectivity index (χ2n) is 9.51. The Balaban J connectivity index is 3.84. The molecule has 0 saturated heterocycles. The maximum absolute atomic E-state index is 11.4. The van der Waals surface area contributed by atoms with Gasteiger partial charge in [-0.15, -0.1) is 0 Å². The molecule has 0 aromatic heterocycles. The molecule has 0 radical (unpaired) electrons. The van der Waals surface area contributed by atoms with Gasteiger partial charge in [-0.25, -0.2) is 0 Å². The van der Waals surface area contributed by atoms with Crippen LogP contribution in [0.3, 0.4) is 0 Å². The Hall–Kier alpha value is -1.17. The third-order valence-corrected chi connectivity index (χ3v) is 5.30. The highest BCUT2D eigenvalue weighted by molar-refractivity contribution is 5.68. The van der Waals surface area contributed by atoms with Crippen molar-refractivity contribution in [2.45, 2.75) is 96.2 Å². The summed E-state index contributed by atoms with van der Waals surface area (Å²) in [5, 5.41) is 31.7. The van der Waals surface area contributed by atoms with E-state index in [1.54, 1.807) is 0 Å². The van der Waals surface area contributed by atoms with Crippen LogP contribution in [-0.2, 0) is 4.79 Å². The molecular weight excluding hydrogens is 378 g/mol. The fraction of sp³-hybridized carbons (Fsp3) is 0.800. The van der Waals surface area contributed by atoms with Gasteiger partial charge in [-0.05, 0) is 51.4 Å². The van der Waals surface area contributed by atoms with Crippen molar-refractivity contribution in [1.29, 1.82) is 0 Å². The van der Waals surface area contributed by atoms with Gasteiger partial charge in [0.2, 0.25) is 0 Å². The number of carboxylic acids is 1. The zero-order chi connectivity index (χ0) is 22.8. The van der Waals surface area contributed by atoms with Crippen molar-refractivity contribution in [3.05, 3.63) is 24.3 Å². The lowest BCUT2D eigenvalue weighted by molar-refractivity contribution is -0.874. The van der Waals surface area contributed by atoms with Crippen molar-refractivity contribution < 1.29 is 24.6 Å². The molecule has 0 heterocycles. The molecule has 2 N–H and O–H groups in total. The van der Waals surface area contributed by atoms with E-state index in [-0.39, 0.29) is 6.42 Å². The number of aliphatic hydroxyl groups is 2. The minimum Gasteiger partial charge on any atom is -0.550 e. The summed E-state index contributed by atoms with van der Waals surface area (Å²) < 4.78 is 0.483. The fourth-order valence-electron chi connectivity index (χ4n) is 3.51. The number of unbranched alkanes of at least 4 members (excludes halogenated alkanes) is 6. The standard InChI is InChI=1S/C25H47NO4/c1-5-6-7-8-9-10-11-12-13-14-15-16-17-18-22(27)19-20-23(25(29)30)24(28)21-26(2,3)4/h9-10,12-13,22-24,27-28H,5-8,11,14-21H2,1-4H3/b10-9-,13-12-. The monoisotopic (exact) mass is 425 g/mol. The van der Waals surface area contributed by atoms with Crippen LogP contribution in [0.4, 0.5) is 0 Å². The summed E-state index contributed by atoms with van der Waals surface area (Å²) in [6.45, 7) is 2.57. The molecule has 0 fully saturated rings. The normalized spacial score (nSPS) is 15.7. The van der Waals surface area contributed by atoms with Crippen molar-refractivity contribution in [1.82, 2.24) is 0 Å². The molecular formula is C25H47NO4. The summed E-state index contributed by atoms with van der Waals surface area (Å²) in [6, 6.07) is 0. The Labute approximate surface area is 185 Å². The van der Waals surface area contributed by atoms with E-state index in [0.717, 1.165) is 32.1 Å². The first-order valence-electron chi connectivity index (χ1n) is 11.8. The lowest BCUT2D eigenvalue weighted by Gasteiger charge is -2.31. The Morgan fingerprint density at radius 1 is 0.867 bits per heavy atom. The second kappa shape index (κ2) is 17.5. The van der Waals surface area contributed by atoms with Gasteiger partial charge < -0.3 is 24.6 Å². The molecule has 0 amide bonds. The van der Waals surface area contributed by atoms with Gasteiger partial charge in [0.15, 0.2) is 0 Å². The summed E-state index contributed by atoms with van der Waals surface area (Å²) in [5.41, 5.74) is 0. The molecule has 30 heavy (non-hydrogen) atoms. The fourth-order valence-corrected chi connectivity index (χ4v) is 3.51. The van der Waals surface area contributed by atoms with Crippen LogP contribution < -0.4 is 5.11 Å². The molecule has 0 saturated carbocycles. The number of carbonyl (C=O) groups excluding carboxylic acids is 1. The molecule has 3 atom stereocenters. The van der Waals surface area contributed by atoms with Gasteiger partial charge in [0.05, 0.1) is 27.2 Å². The van der Waals surface area contributed by atoms with Crippen molar-refractivity contribution >= 4 is 5.97 Å². The Bertz CT molecular complexity index is 482. The summed E-state index contributed by atoms with van der Waals surface area (Å²) in [7, 11) is 5.72. The molecule has 0 aromatic rings. The number of aliphatic carboxylic acids is 1.